The van der Waals surface area contributed by atoms with Gasteiger partial charge in [0.1, 0.15) is 17.3 Å². The van der Waals surface area contributed by atoms with E-state index < -0.39 is 11.7 Å². The molecule has 0 radical (unpaired) electrons. The number of anilines is 1. The van der Waals surface area contributed by atoms with Crippen molar-refractivity contribution < 1.29 is 9.18 Å². The Labute approximate surface area is 189 Å². The Morgan fingerprint density at radius 2 is 1.62 bits per heavy atom. The summed E-state index contributed by atoms with van der Waals surface area (Å²) in [4.78, 5) is 26.2. The average Bonchev–Trinajstić information content (AvgIpc) is 2.78. The Morgan fingerprint density at radius 1 is 0.969 bits per heavy atom. The van der Waals surface area contributed by atoms with Crippen LogP contribution in [-0.2, 0) is 0 Å². The van der Waals surface area contributed by atoms with Crippen LogP contribution in [0.15, 0.2) is 77.6 Å². The van der Waals surface area contributed by atoms with Crippen molar-refractivity contribution in [3.05, 3.63) is 111 Å². The van der Waals surface area contributed by atoms with Gasteiger partial charge in [-0.2, -0.15) is 5.10 Å². The van der Waals surface area contributed by atoms with E-state index in [2.05, 4.69) is 10.4 Å². The molecule has 1 N–H and O–H groups in total. The molecule has 0 fully saturated rings. The quantitative estimate of drug-likeness (QED) is 0.445. The molecule has 4 rings (SSSR count). The first-order valence-corrected chi connectivity index (χ1v) is 10.3. The van der Waals surface area contributed by atoms with Crippen molar-refractivity contribution in [2.75, 3.05) is 5.32 Å². The molecule has 0 aliphatic carbocycles. The van der Waals surface area contributed by atoms with Crippen molar-refractivity contribution in [3.63, 3.8) is 0 Å². The van der Waals surface area contributed by atoms with E-state index in [4.69, 9.17) is 11.6 Å². The predicted octanol–water partition coefficient (Wildman–Crippen LogP) is 5.56. The topological polar surface area (TPSA) is 64.0 Å². The number of halogens is 2. The number of amides is 1. The van der Waals surface area contributed by atoms with Gasteiger partial charge in [-0.1, -0.05) is 53.6 Å². The van der Waals surface area contributed by atoms with Gasteiger partial charge in [0.25, 0.3) is 5.91 Å². The standard InChI is InChI=1S/C25H19ClFN3O2/c1-15-7-13-19(14-8-15)30-24(28-25(32)20-5-3-4-6-21(20)27)22(23(31)16(2)29-30)17-9-11-18(26)12-10-17/h3-14H,1-2H3,(H,28,32). The molecule has 1 heterocycles. The molecule has 0 saturated heterocycles. The van der Waals surface area contributed by atoms with Gasteiger partial charge in [-0.25, -0.2) is 9.07 Å². The van der Waals surface area contributed by atoms with Crippen molar-refractivity contribution in [1.29, 1.82) is 0 Å². The minimum Gasteiger partial charge on any atom is -0.306 e. The lowest BCUT2D eigenvalue weighted by Crippen LogP contribution is -2.25. The van der Waals surface area contributed by atoms with Crippen LogP contribution < -0.4 is 10.7 Å². The Morgan fingerprint density at radius 3 is 2.28 bits per heavy atom. The van der Waals surface area contributed by atoms with E-state index in [1.807, 2.05) is 31.2 Å². The molecule has 7 heteroatoms. The van der Waals surface area contributed by atoms with Gasteiger partial charge in [0, 0.05) is 5.02 Å². The number of benzene rings is 3. The second kappa shape index (κ2) is 8.77. The summed E-state index contributed by atoms with van der Waals surface area (Å²) in [6.07, 6.45) is 0. The number of hydrogen-bond donors (Lipinski definition) is 1. The highest BCUT2D eigenvalue weighted by Gasteiger charge is 2.22. The molecule has 3 aromatic carbocycles. The van der Waals surface area contributed by atoms with E-state index >= 15 is 0 Å². The molecule has 1 amide bonds. The fourth-order valence-corrected chi connectivity index (χ4v) is 3.46. The van der Waals surface area contributed by atoms with Crippen LogP contribution >= 0.6 is 11.6 Å². The molecule has 4 aromatic rings. The van der Waals surface area contributed by atoms with Gasteiger partial charge in [-0.15, -0.1) is 0 Å². The third-order valence-corrected chi connectivity index (χ3v) is 5.27. The maximum absolute atomic E-state index is 14.3. The van der Waals surface area contributed by atoms with Gasteiger partial charge in [-0.3, -0.25) is 9.59 Å². The Balaban J connectivity index is 1.97. The molecule has 5 nitrogen and oxygen atoms in total. The van der Waals surface area contributed by atoms with Crippen LogP contribution in [-0.4, -0.2) is 15.7 Å². The first kappa shape index (κ1) is 21.5. The van der Waals surface area contributed by atoms with E-state index in [0.29, 0.717) is 16.3 Å². The normalized spacial score (nSPS) is 10.8. The molecule has 160 valence electrons. The van der Waals surface area contributed by atoms with E-state index in [-0.39, 0.29) is 28.1 Å². The number of aryl methyl sites for hydroxylation is 2. The summed E-state index contributed by atoms with van der Waals surface area (Å²) in [5.41, 5.74) is 2.23. The smallest absolute Gasteiger partial charge is 0.259 e. The molecule has 0 aliphatic heterocycles. The van der Waals surface area contributed by atoms with Crippen molar-refractivity contribution in [1.82, 2.24) is 9.78 Å². The third-order valence-electron chi connectivity index (χ3n) is 5.02. The van der Waals surface area contributed by atoms with Gasteiger partial charge in [0.05, 0.1) is 16.8 Å². The summed E-state index contributed by atoms with van der Waals surface area (Å²) in [6, 6.07) is 19.8. The van der Waals surface area contributed by atoms with Crippen molar-refractivity contribution in [2.45, 2.75) is 13.8 Å². The SMILES string of the molecule is Cc1ccc(-n2nc(C)c(=O)c(-c3ccc(Cl)cc3)c2NC(=O)c2ccccc2F)cc1. The van der Waals surface area contributed by atoms with Crippen molar-refractivity contribution in [3.8, 4) is 16.8 Å². The zero-order valence-corrected chi connectivity index (χ0v) is 18.2. The second-order valence-corrected chi connectivity index (χ2v) is 7.76. The predicted molar refractivity (Wildman–Crippen MR) is 124 cm³/mol. The lowest BCUT2D eigenvalue weighted by atomic mass is 10.0. The van der Waals surface area contributed by atoms with Crippen LogP contribution in [0, 0.1) is 19.7 Å². The number of aromatic nitrogens is 2. The Kier molecular flexibility index (Phi) is 5.88. The Hall–Kier alpha value is -3.77. The summed E-state index contributed by atoms with van der Waals surface area (Å²) in [7, 11) is 0. The highest BCUT2D eigenvalue weighted by Crippen LogP contribution is 2.29. The van der Waals surface area contributed by atoms with Crippen LogP contribution in [0.5, 0.6) is 0 Å². The molecule has 0 spiro atoms. The number of hydrogen-bond acceptors (Lipinski definition) is 3. The number of carbonyl (C=O) groups excluding carboxylic acids is 1. The monoisotopic (exact) mass is 447 g/mol. The van der Waals surface area contributed by atoms with Crippen LogP contribution in [0.4, 0.5) is 10.2 Å². The lowest BCUT2D eigenvalue weighted by Gasteiger charge is -2.18. The summed E-state index contributed by atoms with van der Waals surface area (Å²) < 4.78 is 15.7. The molecule has 0 atom stereocenters. The van der Waals surface area contributed by atoms with Crippen LogP contribution in [0.1, 0.15) is 21.6 Å². The average molecular weight is 448 g/mol. The number of nitrogens with one attached hydrogen (secondary N) is 1. The summed E-state index contributed by atoms with van der Waals surface area (Å²) >= 11 is 6.03. The molecule has 1 aromatic heterocycles. The molecular formula is C25H19ClFN3O2. The van der Waals surface area contributed by atoms with Gasteiger partial charge < -0.3 is 5.32 Å². The van der Waals surface area contributed by atoms with Gasteiger partial charge in [0.15, 0.2) is 0 Å². The molecule has 32 heavy (non-hydrogen) atoms. The van der Waals surface area contributed by atoms with Gasteiger partial charge in [0.2, 0.25) is 5.43 Å². The molecular weight excluding hydrogens is 429 g/mol. The van der Waals surface area contributed by atoms with E-state index in [1.54, 1.807) is 37.3 Å². The summed E-state index contributed by atoms with van der Waals surface area (Å²) in [5, 5.41) is 7.64. The minimum absolute atomic E-state index is 0.139. The fraction of sp³-hybridized carbons (Fsp3) is 0.0800. The first-order valence-electron chi connectivity index (χ1n) is 9.88. The van der Waals surface area contributed by atoms with E-state index in [1.165, 1.54) is 22.9 Å². The fourth-order valence-electron chi connectivity index (χ4n) is 3.33. The second-order valence-electron chi connectivity index (χ2n) is 7.33. The van der Waals surface area contributed by atoms with Crippen molar-refractivity contribution in [2.24, 2.45) is 0 Å². The maximum Gasteiger partial charge on any atom is 0.259 e. The van der Waals surface area contributed by atoms with Gasteiger partial charge in [-0.05, 0) is 55.8 Å². The largest absolute Gasteiger partial charge is 0.306 e. The number of carbonyl (C=O) groups is 1. The maximum atomic E-state index is 14.3. The highest BCUT2D eigenvalue weighted by atomic mass is 35.5. The minimum atomic E-state index is -0.691. The molecule has 0 aliphatic rings. The number of rotatable bonds is 4. The Bertz CT molecular complexity index is 1360. The van der Waals surface area contributed by atoms with E-state index in [0.717, 1.165) is 5.56 Å². The molecule has 0 unspecified atom stereocenters. The highest BCUT2D eigenvalue weighted by molar-refractivity contribution is 6.30. The summed E-state index contributed by atoms with van der Waals surface area (Å²) in [5.74, 6) is -1.22. The molecule has 0 bridgehead atoms. The zero-order valence-electron chi connectivity index (χ0n) is 17.4. The summed E-state index contributed by atoms with van der Waals surface area (Å²) in [6.45, 7) is 3.56. The van der Waals surface area contributed by atoms with Gasteiger partial charge >= 0.3 is 0 Å². The molecule has 0 saturated carbocycles. The van der Waals surface area contributed by atoms with E-state index in [9.17, 15) is 14.0 Å². The first-order chi connectivity index (χ1) is 15.3. The lowest BCUT2D eigenvalue weighted by molar-refractivity contribution is 0.102. The van der Waals surface area contributed by atoms with Crippen LogP contribution in [0.3, 0.4) is 0 Å². The van der Waals surface area contributed by atoms with Crippen LogP contribution in [0.2, 0.25) is 5.02 Å². The third kappa shape index (κ3) is 4.18. The zero-order chi connectivity index (χ0) is 22.8. The van der Waals surface area contributed by atoms with Crippen molar-refractivity contribution >= 4 is 23.3 Å². The van der Waals surface area contributed by atoms with Crippen LogP contribution in [0.25, 0.3) is 16.8 Å². The number of nitrogens with zero attached hydrogens (tertiary/aromatic N) is 2.